The number of hydrogen-bond acceptors (Lipinski definition) is 3. The maximum Gasteiger partial charge on any atom is 0.358 e. The van der Waals surface area contributed by atoms with E-state index in [4.69, 9.17) is 4.74 Å². The van der Waals surface area contributed by atoms with Crippen LogP contribution < -0.4 is 0 Å². The Morgan fingerprint density at radius 2 is 1.95 bits per heavy atom. The van der Waals surface area contributed by atoms with Crippen molar-refractivity contribution in [3.8, 4) is 0 Å². The molecule has 20 heavy (non-hydrogen) atoms. The van der Waals surface area contributed by atoms with Crippen LogP contribution in [0, 0.1) is 19.7 Å². The molecule has 2 aromatic rings. The zero-order valence-electron chi connectivity index (χ0n) is 11.8. The summed E-state index contributed by atoms with van der Waals surface area (Å²) in [5, 5.41) is 0. The average Bonchev–Trinajstić information content (AvgIpc) is 2.69. The van der Waals surface area contributed by atoms with Gasteiger partial charge in [-0.3, -0.25) is 0 Å². The predicted molar refractivity (Wildman–Crippen MR) is 73.2 cm³/mol. The van der Waals surface area contributed by atoms with Crippen LogP contribution in [0.3, 0.4) is 0 Å². The molecule has 1 aromatic carbocycles. The number of ether oxygens (including phenoxy) is 1. The molecule has 0 aliphatic rings. The second kappa shape index (κ2) is 5.86. The van der Waals surface area contributed by atoms with Crippen LogP contribution in [0.2, 0.25) is 0 Å². The zero-order valence-corrected chi connectivity index (χ0v) is 11.8. The Balaban J connectivity index is 2.28. The van der Waals surface area contributed by atoms with Gasteiger partial charge in [0.2, 0.25) is 0 Å². The monoisotopic (exact) mass is 276 g/mol. The molecule has 0 unspecified atom stereocenters. The minimum absolute atomic E-state index is 0.264. The van der Waals surface area contributed by atoms with E-state index in [-0.39, 0.29) is 5.82 Å². The largest absolute Gasteiger partial charge is 0.461 e. The third-order valence-corrected chi connectivity index (χ3v) is 3.13. The maximum absolute atomic E-state index is 12.9. The molecule has 5 heteroatoms. The Bertz CT molecular complexity index is 618. The third-order valence-electron chi connectivity index (χ3n) is 3.13. The highest BCUT2D eigenvalue weighted by molar-refractivity contribution is 5.88. The van der Waals surface area contributed by atoms with Crippen molar-refractivity contribution >= 4 is 5.97 Å². The summed E-state index contributed by atoms with van der Waals surface area (Å²) in [5.41, 5.74) is 2.04. The van der Waals surface area contributed by atoms with Gasteiger partial charge in [-0.1, -0.05) is 12.1 Å². The van der Waals surface area contributed by atoms with E-state index in [0.29, 0.717) is 18.8 Å². The smallest absolute Gasteiger partial charge is 0.358 e. The Labute approximate surface area is 117 Å². The summed E-state index contributed by atoms with van der Waals surface area (Å²) in [4.78, 5) is 16.0. The molecule has 0 saturated heterocycles. The minimum atomic E-state index is -0.411. The molecular formula is C15H17FN2O2. The third kappa shape index (κ3) is 2.87. The zero-order chi connectivity index (χ0) is 14.7. The highest BCUT2D eigenvalue weighted by atomic mass is 19.1. The number of benzene rings is 1. The lowest BCUT2D eigenvalue weighted by Crippen LogP contribution is -2.08. The number of esters is 1. The molecule has 0 aliphatic heterocycles. The van der Waals surface area contributed by atoms with Gasteiger partial charge in [0, 0.05) is 12.2 Å². The van der Waals surface area contributed by atoms with Crippen LogP contribution in [0.4, 0.5) is 4.39 Å². The highest BCUT2D eigenvalue weighted by Crippen LogP contribution is 2.15. The fraction of sp³-hybridized carbons (Fsp3) is 0.333. The van der Waals surface area contributed by atoms with Gasteiger partial charge in [0.05, 0.1) is 6.61 Å². The quantitative estimate of drug-likeness (QED) is 0.806. The molecule has 0 radical (unpaired) electrons. The molecule has 106 valence electrons. The van der Waals surface area contributed by atoms with Crippen LogP contribution in [0.25, 0.3) is 0 Å². The summed E-state index contributed by atoms with van der Waals surface area (Å²) in [6.07, 6.45) is 0. The number of nitrogens with zero attached hydrogens (tertiary/aromatic N) is 2. The van der Waals surface area contributed by atoms with E-state index in [0.717, 1.165) is 17.1 Å². The first kappa shape index (κ1) is 14.2. The van der Waals surface area contributed by atoms with Gasteiger partial charge in [-0.2, -0.15) is 0 Å². The Kier molecular flexibility index (Phi) is 4.17. The van der Waals surface area contributed by atoms with Crippen LogP contribution >= 0.6 is 0 Å². The molecule has 0 saturated carbocycles. The van der Waals surface area contributed by atoms with Crippen molar-refractivity contribution in [2.45, 2.75) is 27.3 Å². The minimum Gasteiger partial charge on any atom is -0.461 e. The van der Waals surface area contributed by atoms with E-state index in [1.807, 2.05) is 18.4 Å². The SMILES string of the molecule is CCOC(=O)c1nc(C)n(Cc2ccc(F)cc2)c1C. The summed E-state index contributed by atoms with van der Waals surface area (Å²) in [6.45, 7) is 6.29. The van der Waals surface area contributed by atoms with Gasteiger partial charge in [0.1, 0.15) is 11.6 Å². The van der Waals surface area contributed by atoms with E-state index in [1.165, 1.54) is 12.1 Å². The lowest BCUT2D eigenvalue weighted by atomic mass is 10.2. The van der Waals surface area contributed by atoms with Gasteiger partial charge in [-0.15, -0.1) is 0 Å². The van der Waals surface area contributed by atoms with E-state index in [1.54, 1.807) is 19.1 Å². The first-order valence-corrected chi connectivity index (χ1v) is 6.48. The second-order valence-electron chi connectivity index (χ2n) is 4.53. The Hall–Kier alpha value is -2.17. The van der Waals surface area contributed by atoms with Crippen LogP contribution in [0.5, 0.6) is 0 Å². The average molecular weight is 276 g/mol. The molecule has 1 heterocycles. The van der Waals surface area contributed by atoms with Crippen molar-refractivity contribution in [1.29, 1.82) is 0 Å². The summed E-state index contributed by atoms with van der Waals surface area (Å²) in [7, 11) is 0. The lowest BCUT2D eigenvalue weighted by molar-refractivity contribution is 0.0519. The second-order valence-corrected chi connectivity index (χ2v) is 4.53. The number of hydrogen-bond donors (Lipinski definition) is 0. The molecule has 0 fully saturated rings. The number of carbonyl (C=O) groups excluding carboxylic acids is 1. The van der Waals surface area contributed by atoms with Crippen LogP contribution in [-0.4, -0.2) is 22.1 Å². The predicted octanol–water partition coefficient (Wildman–Crippen LogP) is 2.86. The fourth-order valence-electron chi connectivity index (χ4n) is 2.07. The summed E-state index contributed by atoms with van der Waals surface area (Å²) >= 11 is 0. The number of imidazole rings is 1. The van der Waals surface area contributed by atoms with Crippen molar-refractivity contribution in [2.75, 3.05) is 6.61 Å². The molecule has 0 atom stereocenters. The number of carbonyl (C=O) groups is 1. The van der Waals surface area contributed by atoms with Gasteiger partial charge < -0.3 is 9.30 Å². The standard InChI is InChI=1S/C15H17FN2O2/c1-4-20-15(19)14-10(2)18(11(3)17-14)9-12-5-7-13(16)8-6-12/h5-8H,4,9H2,1-3H3. The van der Waals surface area contributed by atoms with Crippen molar-refractivity contribution in [2.24, 2.45) is 0 Å². The molecule has 4 nitrogen and oxygen atoms in total. The van der Waals surface area contributed by atoms with Crippen LogP contribution in [-0.2, 0) is 11.3 Å². The van der Waals surface area contributed by atoms with Crippen molar-refractivity contribution in [1.82, 2.24) is 9.55 Å². The number of aryl methyl sites for hydroxylation is 1. The first-order valence-electron chi connectivity index (χ1n) is 6.48. The van der Waals surface area contributed by atoms with Crippen LogP contribution in [0.15, 0.2) is 24.3 Å². The van der Waals surface area contributed by atoms with Gasteiger partial charge in [0.15, 0.2) is 5.69 Å². The van der Waals surface area contributed by atoms with Crippen molar-refractivity contribution in [3.63, 3.8) is 0 Å². The summed E-state index contributed by atoms with van der Waals surface area (Å²) < 4.78 is 19.8. The van der Waals surface area contributed by atoms with Crippen LogP contribution in [0.1, 0.15) is 34.5 Å². The molecule has 0 spiro atoms. The summed E-state index contributed by atoms with van der Waals surface area (Å²) in [5.74, 6) is 0.0564. The Morgan fingerprint density at radius 1 is 1.30 bits per heavy atom. The molecule has 0 N–H and O–H groups in total. The Morgan fingerprint density at radius 3 is 2.55 bits per heavy atom. The maximum atomic E-state index is 12.9. The van der Waals surface area contributed by atoms with E-state index >= 15 is 0 Å². The van der Waals surface area contributed by atoms with E-state index in [2.05, 4.69) is 4.98 Å². The highest BCUT2D eigenvalue weighted by Gasteiger charge is 2.18. The van der Waals surface area contributed by atoms with Gasteiger partial charge in [-0.25, -0.2) is 14.2 Å². The van der Waals surface area contributed by atoms with E-state index in [9.17, 15) is 9.18 Å². The molecular weight excluding hydrogens is 259 g/mol. The van der Waals surface area contributed by atoms with Gasteiger partial charge >= 0.3 is 5.97 Å². The van der Waals surface area contributed by atoms with Gasteiger partial charge in [-0.05, 0) is 38.5 Å². The van der Waals surface area contributed by atoms with E-state index < -0.39 is 5.97 Å². The molecule has 2 rings (SSSR count). The number of aromatic nitrogens is 2. The fourth-order valence-corrected chi connectivity index (χ4v) is 2.07. The van der Waals surface area contributed by atoms with Crippen molar-refractivity contribution in [3.05, 3.63) is 52.9 Å². The molecule has 0 bridgehead atoms. The lowest BCUT2D eigenvalue weighted by Gasteiger charge is -2.08. The number of rotatable bonds is 4. The van der Waals surface area contributed by atoms with Crippen molar-refractivity contribution < 1.29 is 13.9 Å². The molecule has 0 amide bonds. The molecule has 1 aromatic heterocycles. The molecule has 0 aliphatic carbocycles. The normalized spacial score (nSPS) is 10.6. The topological polar surface area (TPSA) is 44.1 Å². The number of halogens is 1. The summed E-state index contributed by atoms with van der Waals surface area (Å²) in [6, 6.07) is 6.28. The van der Waals surface area contributed by atoms with Gasteiger partial charge in [0.25, 0.3) is 0 Å². The first-order chi connectivity index (χ1) is 9.52.